The van der Waals surface area contributed by atoms with Crippen LogP contribution < -0.4 is 10.9 Å². The van der Waals surface area contributed by atoms with Crippen molar-refractivity contribution in [3.63, 3.8) is 0 Å². The molecule has 136 valence electrons. The van der Waals surface area contributed by atoms with Crippen LogP contribution >= 0.6 is 0 Å². The fraction of sp³-hybridized carbons (Fsp3) is 0.381. The lowest BCUT2D eigenvalue weighted by molar-refractivity contribution is 0.0908. The van der Waals surface area contributed by atoms with E-state index in [2.05, 4.69) is 5.32 Å². The van der Waals surface area contributed by atoms with Crippen LogP contribution in [0, 0.1) is 5.41 Å². The Kier molecular flexibility index (Phi) is 4.57. The largest absolute Gasteiger partial charge is 0.350 e. The molecule has 1 N–H and O–H groups in total. The van der Waals surface area contributed by atoms with Gasteiger partial charge in [-0.15, -0.1) is 0 Å². The SMILES string of the molecule is CC(C)NC(=O)c1cc2c(n(-c3ccccc3)c1=O)CC(C)(C)CC2=O. The number of nitrogens with one attached hydrogen (secondary N) is 1. The number of Topliss-reactive ketones (excluding diaryl/α,β-unsaturated/α-hetero) is 1. The molecule has 1 aliphatic rings. The molecule has 0 saturated heterocycles. The van der Waals surface area contributed by atoms with Crippen molar-refractivity contribution >= 4 is 11.7 Å². The summed E-state index contributed by atoms with van der Waals surface area (Å²) in [6.45, 7) is 7.71. The Morgan fingerprint density at radius 3 is 2.38 bits per heavy atom. The number of amides is 1. The van der Waals surface area contributed by atoms with E-state index >= 15 is 0 Å². The molecule has 1 aromatic heterocycles. The number of fused-ring (bicyclic) bond motifs is 1. The second kappa shape index (κ2) is 6.56. The first kappa shape index (κ1) is 18.1. The standard InChI is InChI=1S/C21H24N2O3/c1-13(2)22-19(25)16-10-15-17(11-21(3,4)12-18(15)24)23(20(16)26)14-8-6-5-7-9-14/h5-10,13H,11-12H2,1-4H3,(H,22,25). The molecule has 1 aromatic carbocycles. The van der Waals surface area contributed by atoms with Gasteiger partial charge in [0.1, 0.15) is 5.56 Å². The van der Waals surface area contributed by atoms with Crippen molar-refractivity contribution in [1.82, 2.24) is 9.88 Å². The maximum atomic E-state index is 13.2. The molecule has 0 unspecified atom stereocenters. The van der Waals surface area contributed by atoms with Crippen LogP contribution in [0.4, 0.5) is 0 Å². The van der Waals surface area contributed by atoms with Gasteiger partial charge in [0.2, 0.25) is 0 Å². The van der Waals surface area contributed by atoms with Gasteiger partial charge in [-0.1, -0.05) is 32.0 Å². The van der Waals surface area contributed by atoms with Crippen molar-refractivity contribution in [1.29, 1.82) is 0 Å². The third-order valence-electron chi connectivity index (χ3n) is 4.57. The van der Waals surface area contributed by atoms with Crippen molar-refractivity contribution in [2.75, 3.05) is 0 Å². The van der Waals surface area contributed by atoms with Crippen LogP contribution in [0.25, 0.3) is 5.69 Å². The van der Waals surface area contributed by atoms with E-state index in [0.717, 1.165) is 0 Å². The summed E-state index contributed by atoms with van der Waals surface area (Å²) >= 11 is 0. The van der Waals surface area contributed by atoms with Gasteiger partial charge >= 0.3 is 0 Å². The second-order valence-corrected chi connectivity index (χ2v) is 7.96. The van der Waals surface area contributed by atoms with E-state index in [0.29, 0.717) is 29.8 Å². The Labute approximate surface area is 153 Å². The number of benzene rings is 1. The van der Waals surface area contributed by atoms with Crippen LogP contribution in [0.5, 0.6) is 0 Å². The molecule has 0 spiro atoms. The van der Waals surface area contributed by atoms with Crippen LogP contribution in [0.15, 0.2) is 41.2 Å². The number of ketones is 1. The van der Waals surface area contributed by atoms with Gasteiger partial charge < -0.3 is 5.32 Å². The molecule has 0 aliphatic heterocycles. The summed E-state index contributed by atoms with van der Waals surface area (Å²) in [6.07, 6.45) is 1.00. The topological polar surface area (TPSA) is 68.2 Å². The van der Waals surface area contributed by atoms with Gasteiger partial charge in [-0.25, -0.2) is 0 Å². The first-order valence-electron chi connectivity index (χ1n) is 8.88. The Bertz CT molecular complexity index is 924. The monoisotopic (exact) mass is 352 g/mol. The first-order valence-corrected chi connectivity index (χ1v) is 8.88. The van der Waals surface area contributed by atoms with E-state index in [-0.39, 0.29) is 22.8 Å². The molecule has 0 atom stereocenters. The van der Waals surface area contributed by atoms with Crippen LogP contribution in [0.2, 0.25) is 0 Å². The molecule has 26 heavy (non-hydrogen) atoms. The van der Waals surface area contributed by atoms with Crippen molar-refractivity contribution in [2.24, 2.45) is 5.41 Å². The summed E-state index contributed by atoms with van der Waals surface area (Å²) in [5.74, 6) is -0.477. The number of hydrogen-bond donors (Lipinski definition) is 1. The zero-order valence-electron chi connectivity index (χ0n) is 15.6. The highest BCUT2D eigenvalue weighted by atomic mass is 16.2. The summed E-state index contributed by atoms with van der Waals surface area (Å²) < 4.78 is 1.53. The fourth-order valence-corrected chi connectivity index (χ4v) is 3.47. The molecule has 0 bridgehead atoms. The Hall–Kier alpha value is -2.69. The maximum absolute atomic E-state index is 13.2. The van der Waals surface area contributed by atoms with Crippen LogP contribution in [-0.2, 0) is 6.42 Å². The number of carbonyl (C=O) groups is 2. The highest BCUT2D eigenvalue weighted by Crippen LogP contribution is 2.35. The van der Waals surface area contributed by atoms with E-state index < -0.39 is 11.5 Å². The molecule has 1 aliphatic carbocycles. The predicted molar refractivity (Wildman–Crippen MR) is 101 cm³/mol. The molecule has 0 saturated carbocycles. The van der Waals surface area contributed by atoms with E-state index in [1.165, 1.54) is 10.6 Å². The van der Waals surface area contributed by atoms with Crippen LogP contribution in [-0.4, -0.2) is 22.3 Å². The number of para-hydroxylation sites is 1. The van der Waals surface area contributed by atoms with Gasteiger partial charge in [0.05, 0.1) is 0 Å². The summed E-state index contributed by atoms with van der Waals surface area (Å²) in [4.78, 5) is 38.5. The lowest BCUT2D eigenvalue weighted by atomic mass is 9.75. The van der Waals surface area contributed by atoms with Crippen LogP contribution in [0.3, 0.4) is 0 Å². The molecule has 5 nitrogen and oxygen atoms in total. The predicted octanol–water partition coefficient (Wildman–Crippen LogP) is 3.13. The lowest BCUT2D eigenvalue weighted by Crippen LogP contribution is -2.40. The number of pyridine rings is 1. The second-order valence-electron chi connectivity index (χ2n) is 7.96. The zero-order chi connectivity index (χ0) is 19.1. The van der Waals surface area contributed by atoms with Gasteiger partial charge in [0.15, 0.2) is 5.78 Å². The molecule has 1 heterocycles. The van der Waals surface area contributed by atoms with Crippen LogP contribution in [0.1, 0.15) is 60.5 Å². The Morgan fingerprint density at radius 2 is 1.77 bits per heavy atom. The quantitative estimate of drug-likeness (QED) is 0.923. The number of hydrogen-bond acceptors (Lipinski definition) is 3. The summed E-state index contributed by atoms with van der Waals surface area (Å²) in [5.41, 5.74) is 1.21. The van der Waals surface area contributed by atoms with Crippen molar-refractivity contribution in [3.05, 3.63) is 63.6 Å². The third kappa shape index (κ3) is 3.34. The first-order chi connectivity index (χ1) is 12.2. The van der Waals surface area contributed by atoms with Gasteiger partial charge in [-0.05, 0) is 43.9 Å². The Morgan fingerprint density at radius 1 is 1.12 bits per heavy atom. The molecule has 5 heteroatoms. The molecule has 1 amide bonds. The summed E-state index contributed by atoms with van der Waals surface area (Å²) in [7, 11) is 0. The highest BCUT2D eigenvalue weighted by Gasteiger charge is 2.35. The number of nitrogens with zero attached hydrogens (tertiary/aromatic N) is 1. The number of carbonyl (C=O) groups excluding carboxylic acids is 2. The normalized spacial score (nSPS) is 15.7. The van der Waals surface area contributed by atoms with Gasteiger partial charge in [0.25, 0.3) is 11.5 Å². The minimum Gasteiger partial charge on any atom is -0.350 e. The van der Waals surface area contributed by atoms with Gasteiger partial charge in [-0.3, -0.25) is 19.0 Å². The van der Waals surface area contributed by atoms with E-state index in [1.54, 1.807) is 0 Å². The van der Waals surface area contributed by atoms with Crippen molar-refractivity contribution in [2.45, 2.75) is 46.6 Å². The van der Waals surface area contributed by atoms with Gasteiger partial charge in [0, 0.05) is 29.4 Å². The van der Waals surface area contributed by atoms with E-state index in [1.807, 2.05) is 58.0 Å². The number of aromatic nitrogens is 1. The minimum atomic E-state index is -0.449. The summed E-state index contributed by atoms with van der Waals surface area (Å²) in [5, 5.41) is 2.75. The smallest absolute Gasteiger partial charge is 0.268 e. The van der Waals surface area contributed by atoms with Crippen molar-refractivity contribution in [3.8, 4) is 5.69 Å². The summed E-state index contributed by atoms with van der Waals surface area (Å²) in [6, 6.07) is 10.6. The molecule has 0 fully saturated rings. The molecule has 3 rings (SSSR count). The third-order valence-corrected chi connectivity index (χ3v) is 4.57. The maximum Gasteiger partial charge on any atom is 0.268 e. The lowest BCUT2D eigenvalue weighted by Gasteiger charge is -2.32. The minimum absolute atomic E-state index is 0.00867. The molecular weight excluding hydrogens is 328 g/mol. The number of rotatable bonds is 3. The Balaban J connectivity index is 2.30. The van der Waals surface area contributed by atoms with E-state index in [9.17, 15) is 14.4 Å². The van der Waals surface area contributed by atoms with E-state index in [4.69, 9.17) is 0 Å². The van der Waals surface area contributed by atoms with Gasteiger partial charge in [-0.2, -0.15) is 0 Å². The van der Waals surface area contributed by atoms with Crippen molar-refractivity contribution < 1.29 is 9.59 Å². The average molecular weight is 352 g/mol. The highest BCUT2D eigenvalue weighted by molar-refractivity contribution is 6.02. The molecule has 2 aromatic rings. The average Bonchev–Trinajstić information content (AvgIpc) is 2.53. The fourth-order valence-electron chi connectivity index (χ4n) is 3.47. The molecular formula is C21H24N2O3. The zero-order valence-corrected chi connectivity index (χ0v) is 15.6. The molecule has 0 radical (unpaired) electrons.